The predicted octanol–water partition coefficient (Wildman–Crippen LogP) is 2.70. The number of hydrogen-bond acceptors (Lipinski definition) is 6. The summed E-state index contributed by atoms with van der Waals surface area (Å²) in [5.74, 6) is 0.0528. The van der Waals surface area contributed by atoms with Gasteiger partial charge in [-0.1, -0.05) is 19.1 Å². The molecule has 1 N–H and O–H groups in total. The zero-order valence-electron chi connectivity index (χ0n) is 18.3. The van der Waals surface area contributed by atoms with Crippen LogP contribution in [0, 0.1) is 0 Å². The molecule has 2 aromatic carbocycles. The number of carbonyl (C=O) groups excluding carboxylic acids is 2. The van der Waals surface area contributed by atoms with Gasteiger partial charge in [0.1, 0.15) is 22.9 Å². The Morgan fingerprint density at radius 1 is 1.00 bits per heavy atom. The number of methoxy groups -OCH3 is 1. The van der Waals surface area contributed by atoms with Crippen LogP contribution in [0.15, 0.2) is 54.1 Å². The first-order valence-corrected chi connectivity index (χ1v) is 11.7. The molecule has 1 heterocycles. The van der Waals surface area contributed by atoms with Crippen molar-refractivity contribution in [1.82, 2.24) is 9.62 Å². The lowest BCUT2D eigenvalue weighted by molar-refractivity contribution is -0.128. The van der Waals surface area contributed by atoms with Gasteiger partial charge in [-0.3, -0.25) is 9.59 Å². The average molecular weight is 459 g/mol. The fraction of sp³-hybridized carbons (Fsp3) is 0.304. The van der Waals surface area contributed by atoms with Crippen molar-refractivity contribution in [3.63, 3.8) is 0 Å². The van der Waals surface area contributed by atoms with Crippen molar-refractivity contribution in [2.45, 2.75) is 26.8 Å². The number of hydrogen-bond donors (Lipinski definition) is 1. The maximum Gasteiger partial charge on any atom is 0.268 e. The zero-order chi connectivity index (χ0) is 23.3. The van der Waals surface area contributed by atoms with Crippen molar-refractivity contribution < 1.29 is 27.5 Å². The molecule has 8 nitrogen and oxygen atoms in total. The molecule has 9 heteroatoms. The van der Waals surface area contributed by atoms with Gasteiger partial charge in [-0.05, 0) is 60.9 Å². The molecule has 32 heavy (non-hydrogen) atoms. The van der Waals surface area contributed by atoms with Gasteiger partial charge in [-0.15, -0.1) is 0 Å². The van der Waals surface area contributed by atoms with Crippen LogP contribution in [0.3, 0.4) is 0 Å². The van der Waals surface area contributed by atoms with Crippen LogP contribution in [0.2, 0.25) is 0 Å². The molecule has 0 atom stereocenters. The zero-order valence-corrected chi connectivity index (χ0v) is 19.1. The van der Waals surface area contributed by atoms with Crippen molar-refractivity contribution in [3.05, 3.63) is 65.2 Å². The van der Waals surface area contributed by atoms with Gasteiger partial charge in [-0.2, -0.15) is 0 Å². The van der Waals surface area contributed by atoms with E-state index in [-0.39, 0.29) is 23.4 Å². The minimum absolute atomic E-state index is 0.0630. The second-order valence-corrected chi connectivity index (χ2v) is 8.86. The number of carbonyl (C=O) groups is 2. The monoisotopic (exact) mass is 458 g/mol. The molecule has 1 aliphatic heterocycles. The molecular weight excluding hydrogens is 432 g/mol. The third-order valence-corrected chi connectivity index (χ3v) is 6.90. The first kappa shape index (κ1) is 23.3. The lowest BCUT2D eigenvalue weighted by Gasteiger charge is -2.16. The van der Waals surface area contributed by atoms with Crippen LogP contribution in [0.4, 0.5) is 0 Å². The van der Waals surface area contributed by atoms with E-state index >= 15 is 0 Å². The topological polar surface area (TPSA) is 102 Å². The van der Waals surface area contributed by atoms with E-state index in [0.29, 0.717) is 22.2 Å². The SMILES string of the molecule is CCOc1ccc(CNC(=O)CN2C(=O)C(CC)=C(c3ccc(OC)cc3)S2(=O)=O)cc1. The van der Waals surface area contributed by atoms with Crippen LogP contribution in [0.25, 0.3) is 4.91 Å². The smallest absolute Gasteiger partial charge is 0.268 e. The molecule has 3 rings (SSSR count). The van der Waals surface area contributed by atoms with Crippen LogP contribution in [-0.4, -0.2) is 44.8 Å². The lowest BCUT2D eigenvalue weighted by Crippen LogP contribution is -2.41. The first-order chi connectivity index (χ1) is 15.3. The maximum absolute atomic E-state index is 13.2. The highest BCUT2D eigenvalue weighted by Gasteiger charge is 2.44. The molecule has 0 aliphatic carbocycles. The van der Waals surface area contributed by atoms with E-state index < -0.39 is 28.4 Å². The highest BCUT2D eigenvalue weighted by Crippen LogP contribution is 2.37. The third kappa shape index (κ3) is 4.77. The Kier molecular flexibility index (Phi) is 7.19. The minimum atomic E-state index is -4.16. The van der Waals surface area contributed by atoms with Crippen LogP contribution >= 0.6 is 0 Å². The summed E-state index contributed by atoms with van der Waals surface area (Å²) in [5.41, 5.74) is 1.37. The predicted molar refractivity (Wildman–Crippen MR) is 120 cm³/mol. The second kappa shape index (κ2) is 9.86. The fourth-order valence-corrected chi connectivity index (χ4v) is 5.23. The van der Waals surface area contributed by atoms with E-state index in [1.54, 1.807) is 43.3 Å². The van der Waals surface area contributed by atoms with Gasteiger partial charge in [0.15, 0.2) is 0 Å². The van der Waals surface area contributed by atoms with Gasteiger partial charge in [0, 0.05) is 12.1 Å². The van der Waals surface area contributed by atoms with Gasteiger partial charge in [0.25, 0.3) is 15.9 Å². The Morgan fingerprint density at radius 3 is 2.19 bits per heavy atom. The Morgan fingerprint density at radius 2 is 1.62 bits per heavy atom. The van der Waals surface area contributed by atoms with E-state index in [1.165, 1.54) is 7.11 Å². The molecule has 0 radical (unpaired) electrons. The number of nitrogens with zero attached hydrogens (tertiary/aromatic N) is 1. The number of ether oxygens (including phenoxy) is 2. The fourth-order valence-electron chi connectivity index (χ4n) is 3.41. The quantitative estimate of drug-likeness (QED) is 0.620. The molecule has 2 amide bonds. The van der Waals surface area contributed by atoms with Gasteiger partial charge < -0.3 is 14.8 Å². The molecular formula is C23H26N2O6S. The summed E-state index contributed by atoms with van der Waals surface area (Å²) in [6.45, 7) is 3.78. The van der Waals surface area contributed by atoms with Crippen molar-refractivity contribution in [3.8, 4) is 11.5 Å². The van der Waals surface area contributed by atoms with Crippen molar-refractivity contribution in [2.75, 3.05) is 20.3 Å². The highest BCUT2D eigenvalue weighted by atomic mass is 32.2. The molecule has 0 aromatic heterocycles. The number of benzene rings is 2. The summed E-state index contributed by atoms with van der Waals surface area (Å²) >= 11 is 0. The van der Waals surface area contributed by atoms with Gasteiger partial charge in [0.05, 0.1) is 13.7 Å². The molecule has 0 spiro atoms. The van der Waals surface area contributed by atoms with Crippen LogP contribution < -0.4 is 14.8 Å². The summed E-state index contributed by atoms with van der Waals surface area (Å²) in [6.07, 6.45) is 0.226. The highest BCUT2D eigenvalue weighted by molar-refractivity contribution is 7.99. The summed E-state index contributed by atoms with van der Waals surface area (Å²) in [4.78, 5) is 25.2. The number of nitrogens with one attached hydrogen (secondary N) is 1. The molecule has 0 unspecified atom stereocenters. The summed E-state index contributed by atoms with van der Waals surface area (Å²) < 4.78 is 37.4. The van der Waals surface area contributed by atoms with Crippen molar-refractivity contribution in [2.24, 2.45) is 0 Å². The van der Waals surface area contributed by atoms with E-state index in [4.69, 9.17) is 9.47 Å². The molecule has 0 bridgehead atoms. The van der Waals surface area contributed by atoms with Crippen molar-refractivity contribution in [1.29, 1.82) is 0 Å². The molecule has 0 fully saturated rings. The van der Waals surface area contributed by atoms with Gasteiger partial charge >= 0.3 is 0 Å². The molecule has 0 saturated carbocycles. The van der Waals surface area contributed by atoms with Gasteiger partial charge in [0.2, 0.25) is 5.91 Å². The standard InChI is InChI=1S/C23H26N2O6S/c1-4-20-22(17-8-12-18(30-3)13-9-17)32(28,29)25(23(20)27)15-21(26)24-14-16-6-10-19(11-7-16)31-5-2/h6-13H,4-5,14-15H2,1-3H3,(H,24,26). The lowest BCUT2D eigenvalue weighted by atomic mass is 10.1. The van der Waals surface area contributed by atoms with Crippen LogP contribution in [0.1, 0.15) is 31.4 Å². The van der Waals surface area contributed by atoms with Crippen molar-refractivity contribution >= 4 is 26.7 Å². The summed E-state index contributed by atoms with van der Waals surface area (Å²) in [6, 6.07) is 13.6. The van der Waals surface area contributed by atoms with E-state index in [0.717, 1.165) is 11.3 Å². The normalized spacial score (nSPS) is 15.1. The van der Waals surface area contributed by atoms with E-state index in [1.807, 2.05) is 19.1 Å². The Labute approximate surface area is 187 Å². The molecule has 1 aliphatic rings. The largest absolute Gasteiger partial charge is 0.497 e. The van der Waals surface area contributed by atoms with E-state index in [9.17, 15) is 18.0 Å². The second-order valence-electron chi connectivity index (χ2n) is 7.06. The Balaban J connectivity index is 1.72. The summed E-state index contributed by atoms with van der Waals surface area (Å²) in [5, 5.41) is 2.67. The number of sulfonamides is 1. The summed E-state index contributed by atoms with van der Waals surface area (Å²) in [7, 11) is -2.65. The molecule has 170 valence electrons. The Bertz CT molecular complexity index is 1120. The Hall–Kier alpha value is -3.33. The van der Waals surface area contributed by atoms with Gasteiger partial charge in [-0.25, -0.2) is 12.7 Å². The van der Waals surface area contributed by atoms with Crippen LogP contribution in [0.5, 0.6) is 11.5 Å². The average Bonchev–Trinajstić information content (AvgIpc) is 2.98. The third-order valence-electron chi connectivity index (χ3n) is 5.02. The number of amides is 2. The minimum Gasteiger partial charge on any atom is -0.497 e. The molecule has 2 aromatic rings. The first-order valence-electron chi connectivity index (χ1n) is 10.2. The number of rotatable bonds is 9. The maximum atomic E-state index is 13.2. The molecule has 0 saturated heterocycles. The van der Waals surface area contributed by atoms with Crippen LogP contribution in [-0.2, 0) is 26.2 Å². The van der Waals surface area contributed by atoms with E-state index in [2.05, 4.69) is 5.32 Å².